The molecule has 2 nitrogen and oxygen atoms in total. The highest BCUT2D eigenvalue weighted by Crippen LogP contribution is 2.39. The fourth-order valence-electron chi connectivity index (χ4n) is 3.96. The maximum atomic E-state index is 6.04. The maximum Gasteiger partial charge on any atom is 0.0931 e. The number of fused-ring (bicyclic) bond motifs is 2. The molecule has 0 aromatic carbocycles. The molecule has 3 atom stereocenters. The quantitative estimate of drug-likeness (QED) is 0.916. The van der Waals surface area contributed by atoms with E-state index >= 15 is 0 Å². The minimum Gasteiger partial charge on any atom is -0.316 e. The van der Waals surface area contributed by atoms with Gasteiger partial charge in [0, 0.05) is 23.0 Å². The Kier molecular flexibility index (Phi) is 4.18. The van der Waals surface area contributed by atoms with E-state index in [4.69, 9.17) is 11.6 Å². The minimum atomic E-state index is 0.603. The Labute approximate surface area is 125 Å². The lowest BCUT2D eigenvalue weighted by Crippen LogP contribution is -2.47. The molecule has 2 bridgehead atoms. The molecule has 1 N–H and O–H groups in total. The summed E-state index contributed by atoms with van der Waals surface area (Å²) >= 11 is 7.77. The van der Waals surface area contributed by atoms with Gasteiger partial charge in [-0.15, -0.1) is 11.3 Å². The van der Waals surface area contributed by atoms with Crippen LogP contribution in [0.25, 0.3) is 0 Å². The van der Waals surface area contributed by atoms with Gasteiger partial charge >= 0.3 is 0 Å². The van der Waals surface area contributed by atoms with Crippen molar-refractivity contribution in [1.82, 2.24) is 10.2 Å². The van der Waals surface area contributed by atoms with Gasteiger partial charge in [0.05, 0.1) is 4.34 Å². The van der Waals surface area contributed by atoms with Gasteiger partial charge in [0.1, 0.15) is 0 Å². The molecule has 3 unspecified atom stereocenters. The SMILES string of the molecule is CNC(Cc1ccc(Cl)s1)C1CC2CCC(C1)N2C. The molecule has 2 fully saturated rings. The third-order valence-electron chi connectivity index (χ3n) is 5.12. The summed E-state index contributed by atoms with van der Waals surface area (Å²) in [4.78, 5) is 4.03. The monoisotopic (exact) mass is 298 g/mol. The van der Waals surface area contributed by atoms with Crippen molar-refractivity contribution in [2.45, 2.75) is 50.2 Å². The predicted molar refractivity (Wildman–Crippen MR) is 83.2 cm³/mol. The van der Waals surface area contributed by atoms with E-state index in [0.717, 1.165) is 28.8 Å². The second-order valence-corrected chi connectivity index (χ2v) is 7.89. The lowest BCUT2D eigenvalue weighted by atomic mass is 9.83. The van der Waals surface area contributed by atoms with Crippen LogP contribution in [-0.2, 0) is 6.42 Å². The van der Waals surface area contributed by atoms with Gasteiger partial charge in [0.15, 0.2) is 0 Å². The molecular weight excluding hydrogens is 276 g/mol. The van der Waals surface area contributed by atoms with Crippen LogP contribution >= 0.6 is 22.9 Å². The van der Waals surface area contributed by atoms with Crippen LogP contribution in [0.1, 0.15) is 30.6 Å². The van der Waals surface area contributed by atoms with Crippen LogP contribution < -0.4 is 5.32 Å². The van der Waals surface area contributed by atoms with Gasteiger partial charge < -0.3 is 10.2 Å². The third-order valence-corrected chi connectivity index (χ3v) is 6.38. The second kappa shape index (κ2) is 5.72. The van der Waals surface area contributed by atoms with Crippen LogP contribution in [-0.4, -0.2) is 37.1 Å². The first-order chi connectivity index (χ1) is 9.17. The summed E-state index contributed by atoms with van der Waals surface area (Å²) in [5.41, 5.74) is 0. The first-order valence-corrected chi connectivity index (χ1v) is 8.50. The van der Waals surface area contributed by atoms with Gasteiger partial charge in [0.2, 0.25) is 0 Å². The van der Waals surface area contributed by atoms with Crippen LogP contribution in [0.2, 0.25) is 4.34 Å². The number of halogens is 1. The first-order valence-electron chi connectivity index (χ1n) is 7.30. The van der Waals surface area contributed by atoms with E-state index in [2.05, 4.69) is 30.4 Å². The normalized spacial score (nSPS) is 32.7. The van der Waals surface area contributed by atoms with Crippen molar-refractivity contribution in [3.63, 3.8) is 0 Å². The lowest BCUT2D eigenvalue weighted by molar-refractivity contribution is 0.114. The Morgan fingerprint density at radius 3 is 2.58 bits per heavy atom. The zero-order chi connectivity index (χ0) is 13.4. The highest BCUT2D eigenvalue weighted by atomic mass is 35.5. The molecule has 2 aliphatic heterocycles. The molecule has 0 spiro atoms. The highest BCUT2D eigenvalue weighted by Gasteiger charge is 2.40. The summed E-state index contributed by atoms with van der Waals surface area (Å²) in [6.07, 6.45) is 6.65. The van der Waals surface area contributed by atoms with E-state index in [1.165, 1.54) is 30.6 Å². The van der Waals surface area contributed by atoms with Crippen LogP contribution in [0.5, 0.6) is 0 Å². The van der Waals surface area contributed by atoms with E-state index in [9.17, 15) is 0 Å². The molecule has 106 valence electrons. The largest absolute Gasteiger partial charge is 0.316 e. The average Bonchev–Trinajstić information content (AvgIpc) is 2.87. The fraction of sp³-hybridized carbons (Fsp3) is 0.733. The van der Waals surface area contributed by atoms with Crippen LogP contribution in [0.15, 0.2) is 12.1 Å². The minimum absolute atomic E-state index is 0.603. The van der Waals surface area contributed by atoms with Crippen molar-refractivity contribution >= 4 is 22.9 Å². The third kappa shape index (κ3) is 2.85. The van der Waals surface area contributed by atoms with Gasteiger partial charge in [-0.2, -0.15) is 0 Å². The summed E-state index contributed by atoms with van der Waals surface area (Å²) in [6, 6.07) is 6.46. The molecule has 2 saturated heterocycles. The van der Waals surface area contributed by atoms with E-state index in [-0.39, 0.29) is 0 Å². The summed E-state index contributed by atoms with van der Waals surface area (Å²) in [6.45, 7) is 0. The summed E-state index contributed by atoms with van der Waals surface area (Å²) in [5.74, 6) is 0.819. The predicted octanol–water partition coefficient (Wildman–Crippen LogP) is 3.40. The fourth-order valence-corrected chi connectivity index (χ4v) is 5.11. The summed E-state index contributed by atoms with van der Waals surface area (Å²) in [7, 11) is 4.42. The standard InChI is InChI=1S/C15H23ClN2S/c1-17-14(9-13-5-6-15(16)19-13)10-7-11-3-4-12(8-10)18(11)2/h5-6,10-12,14,17H,3-4,7-9H2,1-2H3. The smallest absolute Gasteiger partial charge is 0.0931 e. The Hall–Kier alpha value is -0.0900. The molecule has 0 saturated carbocycles. The molecule has 4 heteroatoms. The van der Waals surface area contributed by atoms with Gasteiger partial charge in [-0.1, -0.05) is 11.6 Å². The zero-order valence-corrected chi connectivity index (χ0v) is 13.3. The number of nitrogens with zero attached hydrogens (tertiary/aromatic N) is 1. The van der Waals surface area contributed by atoms with Crippen molar-refractivity contribution < 1.29 is 0 Å². The first kappa shape index (κ1) is 13.9. The number of thiophene rings is 1. The zero-order valence-electron chi connectivity index (χ0n) is 11.7. The van der Waals surface area contributed by atoms with Gasteiger partial charge in [-0.25, -0.2) is 0 Å². The van der Waals surface area contributed by atoms with Gasteiger partial charge in [0.25, 0.3) is 0 Å². The van der Waals surface area contributed by atoms with Crippen LogP contribution in [0.4, 0.5) is 0 Å². The molecular formula is C15H23ClN2S. The van der Waals surface area contributed by atoms with E-state index in [1.54, 1.807) is 11.3 Å². The van der Waals surface area contributed by atoms with E-state index < -0.39 is 0 Å². The lowest BCUT2D eigenvalue weighted by Gasteiger charge is -2.39. The maximum absolute atomic E-state index is 6.04. The molecule has 0 radical (unpaired) electrons. The molecule has 3 heterocycles. The Bertz CT molecular complexity index is 420. The molecule has 2 aliphatic rings. The second-order valence-electron chi connectivity index (χ2n) is 6.09. The number of likely N-dealkylation sites (N-methyl/N-ethyl adjacent to an activating group) is 1. The number of rotatable bonds is 4. The Morgan fingerprint density at radius 2 is 2.05 bits per heavy atom. The van der Waals surface area contributed by atoms with Crippen molar-refractivity contribution in [2.24, 2.45) is 5.92 Å². The van der Waals surface area contributed by atoms with Crippen molar-refractivity contribution in [1.29, 1.82) is 0 Å². The molecule has 1 aromatic heterocycles. The topological polar surface area (TPSA) is 15.3 Å². The van der Waals surface area contributed by atoms with Crippen molar-refractivity contribution in [3.05, 3.63) is 21.3 Å². The highest BCUT2D eigenvalue weighted by molar-refractivity contribution is 7.16. The number of nitrogens with one attached hydrogen (secondary N) is 1. The number of piperidine rings is 1. The number of hydrogen-bond acceptors (Lipinski definition) is 3. The van der Waals surface area contributed by atoms with Gasteiger partial charge in [-0.05, 0) is 64.3 Å². The summed E-state index contributed by atoms with van der Waals surface area (Å²) < 4.78 is 0.910. The summed E-state index contributed by atoms with van der Waals surface area (Å²) in [5, 5.41) is 3.56. The molecule has 0 aliphatic carbocycles. The van der Waals surface area contributed by atoms with E-state index in [1.807, 2.05) is 6.07 Å². The Balaban J connectivity index is 1.66. The molecule has 0 amide bonds. The van der Waals surface area contributed by atoms with Gasteiger partial charge in [-0.3, -0.25) is 0 Å². The van der Waals surface area contributed by atoms with Crippen LogP contribution in [0.3, 0.4) is 0 Å². The van der Waals surface area contributed by atoms with Crippen LogP contribution in [0, 0.1) is 5.92 Å². The van der Waals surface area contributed by atoms with E-state index in [0.29, 0.717) is 6.04 Å². The molecule has 19 heavy (non-hydrogen) atoms. The Morgan fingerprint density at radius 1 is 1.37 bits per heavy atom. The number of hydrogen-bond donors (Lipinski definition) is 1. The van der Waals surface area contributed by atoms with Crippen molar-refractivity contribution in [2.75, 3.05) is 14.1 Å². The molecule has 1 aromatic rings. The molecule has 3 rings (SSSR count). The average molecular weight is 299 g/mol. The van der Waals surface area contributed by atoms with Crippen molar-refractivity contribution in [3.8, 4) is 0 Å².